The summed E-state index contributed by atoms with van der Waals surface area (Å²) >= 11 is 1.53. The van der Waals surface area contributed by atoms with Crippen LogP contribution in [-0.4, -0.2) is 7.11 Å². The van der Waals surface area contributed by atoms with Gasteiger partial charge in [0, 0.05) is 17.5 Å². The minimum atomic E-state index is 0.239. The number of ether oxygens (including phenoxy) is 1. The number of nitrogens with one attached hydrogen (secondary N) is 1. The molecule has 0 aliphatic rings. The highest BCUT2D eigenvalue weighted by Gasteiger charge is 2.07. The van der Waals surface area contributed by atoms with Crippen molar-refractivity contribution in [3.63, 3.8) is 0 Å². The lowest BCUT2D eigenvalue weighted by Gasteiger charge is -2.14. The van der Waals surface area contributed by atoms with E-state index < -0.39 is 0 Å². The fraction of sp³-hybridized carbons (Fsp3) is 0.267. The first-order chi connectivity index (χ1) is 9.22. The molecule has 2 aromatic rings. The van der Waals surface area contributed by atoms with Gasteiger partial charge in [0.2, 0.25) is 0 Å². The molecule has 1 heterocycles. The van der Waals surface area contributed by atoms with Crippen LogP contribution in [0.5, 0.6) is 5.75 Å². The highest BCUT2D eigenvalue weighted by molar-refractivity contribution is 7.12. The second kappa shape index (κ2) is 6.37. The second-order valence-electron chi connectivity index (χ2n) is 4.26. The summed E-state index contributed by atoms with van der Waals surface area (Å²) in [5.74, 6) is 0.869. The van der Waals surface area contributed by atoms with E-state index in [1.807, 2.05) is 30.3 Å². The molecule has 1 aromatic carbocycles. The van der Waals surface area contributed by atoms with Crippen LogP contribution in [0, 0.1) is 11.3 Å². The molecule has 1 aromatic heterocycles. The van der Waals surface area contributed by atoms with Crippen LogP contribution in [0.4, 0.5) is 0 Å². The zero-order valence-electron chi connectivity index (χ0n) is 11.0. The van der Waals surface area contributed by atoms with Crippen LogP contribution < -0.4 is 10.1 Å². The first kappa shape index (κ1) is 13.6. The third-order valence-electron chi connectivity index (χ3n) is 2.95. The monoisotopic (exact) mass is 272 g/mol. The molecule has 4 heteroatoms. The maximum absolute atomic E-state index is 8.79. The van der Waals surface area contributed by atoms with Gasteiger partial charge in [0.05, 0.1) is 7.11 Å². The molecule has 0 unspecified atom stereocenters. The lowest BCUT2D eigenvalue weighted by atomic mass is 10.1. The molecule has 2 rings (SSSR count). The van der Waals surface area contributed by atoms with E-state index in [0.717, 1.165) is 17.2 Å². The Bertz CT molecular complexity index is 586. The number of methoxy groups -OCH3 is 1. The Morgan fingerprint density at radius 1 is 1.37 bits per heavy atom. The van der Waals surface area contributed by atoms with Gasteiger partial charge in [0.1, 0.15) is 16.7 Å². The summed E-state index contributed by atoms with van der Waals surface area (Å²) in [7, 11) is 1.67. The summed E-state index contributed by atoms with van der Waals surface area (Å²) in [6.45, 7) is 2.89. The Balaban J connectivity index is 1.97. The highest BCUT2D eigenvalue weighted by Crippen LogP contribution is 2.20. The summed E-state index contributed by atoms with van der Waals surface area (Å²) in [5.41, 5.74) is 1.19. The third-order valence-corrected chi connectivity index (χ3v) is 3.94. The van der Waals surface area contributed by atoms with Gasteiger partial charge >= 0.3 is 0 Å². The lowest BCUT2D eigenvalue weighted by Crippen LogP contribution is -2.17. The van der Waals surface area contributed by atoms with Gasteiger partial charge in [0.15, 0.2) is 0 Å². The summed E-state index contributed by atoms with van der Waals surface area (Å²) < 4.78 is 5.22. The number of rotatable bonds is 5. The second-order valence-corrected chi connectivity index (χ2v) is 5.43. The maximum Gasteiger partial charge on any atom is 0.119 e. The van der Waals surface area contributed by atoms with E-state index in [9.17, 15) is 0 Å². The van der Waals surface area contributed by atoms with Crippen molar-refractivity contribution in [1.82, 2.24) is 5.32 Å². The number of nitriles is 1. The van der Waals surface area contributed by atoms with E-state index in [2.05, 4.69) is 24.4 Å². The van der Waals surface area contributed by atoms with Crippen molar-refractivity contribution in [3.8, 4) is 11.8 Å². The Morgan fingerprint density at radius 3 is 2.89 bits per heavy atom. The molecule has 0 saturated heterocycles. The molecule has 0 fully saturated rings. The summed E-state index contributed by atoms with van der Waals surface area (Å²) in [4.78, 5) is 1.93. The highest BCUT2D eigenvalue weighted by atomic mass is 32.1. The Kier molecular flexibility index (Phi) is 4.56. The van der Waals surface area contributed by atoms with Crippen molar-refractivity contribution in [2.45, 2.75) is 19.5 Å². The van der Waals surface area contributed by atoms with Crippen LogP contribution in [0.3, 0.4) is 0 Å². The van der Waals surface area contributed by atoms with E-state index in [0.29, 0.717) is 0 Å². The fourth-order valence-electron chi connectivity index (χ4n) is 1.82. The minimum Gasteiger partial charge on any atom is -0.497 e. The number of hydrogen-bond donors (Lipinski definition) is 1. The molecule has 3 nitrogen and oxygen atoms in total. The quantitative estimate of drug-likeness (QED) is 0.906. The van der Waals surface area contributed by atoms with Crippen LogP contribution in [-0.2, 0) is 6.54 Å². The molecular formula is C15H16N2OS. The van der Waals surface area contributed by atoms with E-state index in [4.69, 9.17) is 10.00 Å². The number of benzene rings is 1. The van der Waals surface area contributed by atoms with Crippen LogP contribution >= 0.6 is 11.3 Å². The predicted octanol–water partition coefficient (Wildman–Crippen LogP) is 3.48. The molecule has 98 valence electrons. The SMILES string of the molecule is COc1cccc([C@@H](C)NCc2ccc(C#N)s2)c1. The molecular weight excluding hydrogens is 256 g/mol. The van der Waals surface area contributed by atoms with Crippen molar-refractivity contribution in [1.29, 1.82) is 5.26 Å². The van der Waals surface area contributed by atoms with E-state index >= 15 is 0 Å². The fourth-order valence-corrected chi connectivity index (χ4v) is 2.57. The van der Waals surface area contributed by atoms with Gasteiger partial charge in [-0.3, -0.25) is 0 Å². The maximum atomic E-state index is 8.79. The van der Waals surface area contributed by atoms with Gasteiger partial charge in [-0.25, -0.2) is 0 Å². The molecule has 0 spiro atoms. The zero-order chi connectivity index (χ0) is 13.7. The molecule has 0 aliphatic carbocycles. The summed E-state index contributed by atoms with van der Waals surface area (Å²) in [6.07, 6.45) is 0. The Hall–Kier alpha value is -1.83. The third kappa shape index (κ3) is 3.57. The molecule has 0 bridgehead atoms. The topological polar surface area (TPSA) is 45.0 Å². The van der Waals surface area contributed by atoms with Crippen molar-refractivity contribution in [2.24, 2.45) is 0 Å². The van der Waals surface area contributed by atoms with Crippen LogP contribution in [0.2, 0.25) is 0 Å². The molecule has 0 radical (unpaired) electrons. The molecule has 1 atom stereocenters. The molecule has 0 amide bonds. The summed E-state index contributed by atoms with van der Waals surface area (Å²) in [6, 6.07) is 14.3. The van der Waals surface area contributed by atoms with Gasteiger partial charge < -0.3 is 10.1 Å². The van der Waals surface area contributed by atoms with Gasteiger partial charge in [-0.2, -0.15) is 5.26 Å². The van der Waals surface area contributed by atoms with E-state index in [1.54, 1.807) is 7.11 Å². The van der Waals surface area contributed by atoms with Crippen LogP contribution in [0.1, 0.15) is 28.3 Å². The largest absolute Gasteiger partial charge is 0.497 e. The van der Waals surface area contributed by atoms with Crippen molar-refractivity contribution >= 4 is 11.3 Å². The standard InChI is InChI=1S/C15H16N2OS/c1-11(12-4-3-5-13(8-12)18-2)17-10-15-7-6-14(9-16)19-15/h3-8,11,17H,10H2,1-2H3/t11-/m1/s1. The van der Waals surface area contributed by atoms with E-state index in [-0.39, 0.29) is 6.04 Å². The van der Waals surface area contributed by atoms with Gasteiger partial charge in [-0.15, -0.1) is 11.3 Å². The number of nitrogens with zero attached hydrogens (tertiary/aromatic N) is 1. The first-order valence-electron chi connectivity index (χ1n) is 6.09. The molecule has 0 saturated carbocycles. The van der Waals surface area contributed by atoms with Crippen molar-refractivity contribution in [2.75, 3.05) is 7.11 Å². The Morgan fingerprint density at radius 2 is 2.21 bits per heavy atom. The van der Waals surface area contributed by atoms with E-state index in [1.165, 1.54) is 21.8 Å². The average molecular weight is 272 g/mol. The van der Waals surface area contributed by atoms with Gasteiger partial charge in [0.25, 0.3) is 0 Å². The number of hydrogen-bond acceptors (Lipinski definition) is 4. The van der Waals surface area contributed by atoms with Crippen LogP contribution in [0.25, 0.3) is 0 Å². The Labute approximate surface area is 117 Å². The number of thiophene rings is 1. The first-order valence-corrected chi connectivity index (χ1v) is 6.90. The lowest BCUT2D eigenvalue weighted by molar-refractivity contribution is 0.413. The zero-order valence-corrected chi connectivity index (χ0v) is 11.8. The molecule has 1 N–H and O–H groups in total. The van der Waals surface area contributed by atoms with Gasteiger partial charge in [-0.05, 0) is 36.8 Å². The normalized spacial score (nSPS) is 11.8. The summed E-state index contributed by atoms with van der Waals surface area (Å²) in [5, 5.41) is 12.2. The van der Waals surface area contributed by atoms with Crippen LogP contribution in [0.15, 0.2) is 36.4 Å². The molecule has 19 heavy (non-hydrogen) atoms. The van der Waals surface area contributed by atoms with Gasteiger partial charge in [-0.1, -0.05) is 12.1 Å². The smallest absolute Gasteiger partial charge is 0.119 e. The molecule has 0 aliphatic heterocycles. The predicted molar refractivity (Wildman–Crippen MR) is 77.3 cm³/mol. The average Bonchev–Trinajstić information content (AvgIpc) is 2.93. The van der Waals surface area contributed by atoms with Crippen molar-refractivity contribution in [3.05, 3.63) is 51.7 Å². The van der Waals surface area contributed by atoms with Crippen molar-refractivity contribution < 1.29 is 4.74 Å². The minimum absolute atomic E-state index is 0.239.